The van der Waals surface area contributed by atoms with E-state index in [9.17, 15) is 0 Å². The maximum atomic E-state index is 3.62. The summed E-state index contributed by atoms with van der Waals surface area (Å²) >= 11 is 0. The van der Waals surface area contributed by atoms with Crippen molar-refractivity contribution in [3.63, 3.8) is 0 Å². The highest BCUT2D eigenvalue weighted by molar-refractivity contribution is 4.86. The largest absolute Gasteiger partial charge is 0.314 e. The van der Waals surface area contributed by atoms with Gasteiger partial charge in [0.15, 0.2) is 0 Å². The number of rotatable bonds is 3. The van der Waals surface area contributed by atoms with Gasteiger partial charge in [-0.3, -0.25) is 0 Å². The first kappa shape index (κ1) is 12.0. The Balaban J connectivity index is 0.000000461. The zero-order chi connectivity index (χ0) is 10.6. The van der Waals surface area contributed by atoms with Crippen molar-refractivity contribution in [2.45, 2.75) is 39.7 Å². The van der Waals surface area contributed by atoms with Crippen molar-refractivity contribution < 1.29 is 0 Å². The second-order valence-corrected chi connectivity index (χ2v) is 4.64. The maximum absolute atomic E-state index is 3.62. The Bertz CT molecular complexity index is 154. The normalized spacial score (nSPS) is 32.6. The van der Waals surface area contributed by atoms with Gasteiger partial charge in [-0.1, -0.05) is 20.8 Å². The molecule has 0 amide bonds. The molecule has 14 heavy (non-hydrogen) atoms. The Hall–Kier alpha value is -0.0800. The third kappa shape index (κ3) is 3.58. The molecule has 2 fully saturated rings. The monoisotopic (exact) mass is 198 g/mol. The first-order chi connectivity index (χ1) is 6.75. The predicted octanol–water partition coefficient (Wildman–Crippen LogP) is 1.96. The smallest absolute Gasteiger partial charge is 0.00683 e. The van der Waals surface area contributed by atoms with Gasteiger partial charge in [0.1, 0.15) is 0 Å². The summed E-state index contributed by atoms with van der Waals surface area (Å²) in [6, 6.07) is 0.878. The molecule has 1 saturated heterocycles. The van der Waals surface area contributed by atoms with Crippen LogP contribution in [0.2, 0.25) is 0 Å². The van der Waals surface area contributed by atoms with E-state index in [1.54, 1.807) is 0 Å². The molecule has 0 aromatic heterocycles. The van der Waals surface area contributed by atoms with Crippen molar-refractivity contribution >= 4 is 0 Å². The summed E-state index contributed by atoms with van der Waals surface area (Å²) in [5, 5.41) is 3.62. The van der Waals surface area contributed by atoms with Crippen LogP contribution < -0.4 is 5.32 Å². The zero-order valence-corrected chi connectivity index (χ0v) is 10.2. The van der Waals surface area contributed by atoms with Gasteiger partial charge in [0.25, 0.3) is 0 Å². The quantitative estimate of drug-likeness (QED) is 0.746. The third-order valence-electron chi connectivity index (χ3n) is 3.20. The lowest BCUT2D eigenvalue weighted by Gasteiger charge is -2.14. The van der Waals surface area contributed by atoms with Crippen molar-refractivity contribution in [1.29, 1.82) is 0 Å². The van der Waals surface area contributed by atoms with Gasteiger partial charge in [-0.05, 0) is 38.3 Å². The van der Waals surface area contributed by atoms with Crippen LogP contribution in [0.3, 0.4) is 0 Å². The predicted molar refractivity (Wildman–Crippen MR) is 62.5 cm³/mol. The average molecular weight is 198 g/mol. The number of nitrogens with zero attached hydrogens (tertiary/aromatic N) is 1. The molecule has 2 nitrogen and oxygen atoms in total. The summed E-state index contributed by atoms with van der Waals surface area (Å²) in [5.74, 6) is 1.79. The van der Waals surface area contributed by atoms with Crippen LogP contribution in [-0.2, 0) is 0 Å². The van der Waals surface area contributed by atoms with Crippen molar-refractivity contribution in [2.75, 3.05) is 26.7 Å². The Morgan fingerprint density at radius 2 is 1.86 bits per heavy atom. The molecular weight excluding hydrogens is 172 g/mol. The topological polar surface area (TPSA) is 15.3 Å². The van der Waals surface area contributed by atoms with Crippen molar-refractivity contribution in [3.05, 3.63) is 0 Å². The molecule has 2 unspecified atom stereocenters. The summed E-state index contributed by atoms with van der Waals surface area (Å²) < 4.78 is 0. The average Bonchev–Trinajstić information content (AvgIpc) is 2.94. The molecule has 1 aliphatic heterocycles. The zero-order valence-electron chi connectivity index (χ0n) is 10.2. The minimum absolute atomic E-state index is 0.878. The molecule has 0 radical (unpaired) electrons. The van der Waals surface area contributed by atoms with E-state index in [1.807, 2.05) is 13.8 Å². The van der Waals surface area contributed by atoms with Gasteiger partial charge in [0.2, 0.25) is 0 Å². The van der Waals surface area contributed by atoms with Crippen LogP contribution in [0.25, 0.3) is 0 Å². The fraction of sp³-hybridized carbons (Fsp3) is 1.00. The van der Waals surface area contributed by atoms with Crippen molar-refractivity contribution in [1.82, 2.24) is 10.2 Å². The van der Waals surface area contributed by atoms with E-state index in [1.165, 1.54) is 32.5 Å². The number of hydrogen-bond acceptors (Lipinski definition) is 2. The lowest BCUT2D eigenvalue weighted by molar-refractivity contribution is 0.387. The standard InChI is InChI=1S/C10H20N2.C2H6/c1-8-6-12(2)7-9(8)5-11-10-3-4-10;1-2/h8-11H,3-7H2,1-2H3;1-2H3. The van der Waals surface area contributed by atoms with Gasteiger partial charge >= 0.3 is 0 Å². The van der Waals surface area contributed by atoms with Gasteiger partial charge in [-0.15, -0.1) is 0 Å². The molecule has 0 aromatic rings. The first-order valence-electron chi connectivity index (χ1n) is 6.17. The Labute approximate surface area is 89.1 Å². The number of likely N-dealkylation sites (tertiary alicyclic amines) is 1. The van der Waals surface area contributed by atoms with Crippen molar-refractivity contribution in [3.8, 4) is 0 Å². The number of hydrogen-bond donors (Lipinski definition) is 1. The van der Waals surface area contributed by atoms with E-state index in [4.69, 9.17) is 0 Å². The highest BCUT2D eigenvalue weighted by atomic mass is 15.1. The molecule has 84 valence electrons. The van der Waals surface area contributed by atoms with Gasteiger partial charge in [-0.25, -0.2) is 0 Å². The second kappa shape index (κ2) is 5.72. The van der Waals surface area contributed by atoms with Gasteiger partial charge < -0.3 is 10.2 Å². The Morgan fingerprint density at radius 1 is 1.21 bits per heavy atom. The molecule has 1 N–H and O–H groups in total. The van der Waals surface area contributed by atoms with Crippen LogP contribution in [0, 0.1) is 11.8 Å². The summed E-state index contributed by atoms with van der Waals surface area (Å²) in [6.07, 6.45) is 2.83. The number of nitrogens with one attached hydrogen (secondary N) is 1. The highest BCUT2D eigenvalue weighted by Gasteiger charge is 2.29. The van der Waals surface area contributed by atoms with Crippen molar-refractivity contribution in [2.24, 2.45) is 11.8 Å². The van der Waals surface area contributed by atoms with Gasteiger partial charge in [0, 0.05) is 19.1 Å². The fourth-order valence-electron chi connectivity index (χ4n) is 2.17. The molecule has 0 aromatic carbocycles. The summed E-state index contributed by atoms with van der Waals surface area (Å²) in [4.78, 5) is 2.45. The van der Waals surface area contributed by atoms with Crippen LogP contribution in [0.5, 0.6) is 0 Å². The summed E-state index contributed by atoms with van der Waals surface area (Å²) in [5.41, 5.74) is 0. The van der Waals surface area contributed by atoms with E-state index in [0.717, 1.165) is 17.9 Å². The second-order valence-electron chi connectivity index (χ2n) is 4.64. The molecule has 1 heterocycles. The molecular formula is C12H26N2. The fourth-order valence-corrected chi connectivity index (χ4v) is 2.17. The first-order valence-corrected chi connectivity index (χ1v) is 6.17. The molecule has 2 aliphatic rings. The van der Waals surface area contributed by atoms with Gasteiger partial charge in [0.05, 0.1) is 0 Å². The minimum Gasteiger partial charge on any atom is -0.314 e. The third-order valence-corrected chi connectivity index (χ3v) is 3.20. The summed E-state index contributed by atoms with van der Waals surface area (Å²) in [7, 11) is 2.23. The SMILES string of the molecule is CC.CC1CN(C)CC1CNC1CC1. The maximum Gasteiger partial charge on any atom is 0.00683 e. The van der Waals surface area contributed by atoms with Crippen LogP contribution in [-0.4, -0.2) is 37.6 Å². The lowest BCUT2D eigenvalue weighted by Crippen LogP contribution is -2.28. The minimum atomic E-state index is 0.878. The molecule has 2 heteroatoms. The van der Waals surface area contributed by atoms with E-state index < -0.39 is 0 Å². The van der Waals surface area contributed by atoms with Crippen LogP contribution in [0.1, 0.15) is 33.6 Å². The highest BCUT2D eigenvalue weighted by Crippen LogP contribution is 2.23. The van der Waals surface area contributed by atoms with E-state index in [0.29, 0.717) is 0 Å². The van der Waals surface area contributed by atoms with Crippen LogP contribution in [0.15, 0.2) is 0 Å². The Morgan fingerprint density at radius 3 is 2.29 bits per heavy atom. The van der Waals surface area contributed by atoms with E-state index >= 15 is 0 Å². The molecule has 0 bridgehead atoms. The van der Waals surface area contributed by atoms with E-state index in [-0.39, 0.29) is 0 Å². The van der Waals surface area contributed by atoms with Crippen LogP contribution >= 0.6 is 0 Å². The van der Waals surface area contributed by atoms with Crippen LogP contribution in [0.4, 0.5) is 0 Å². The Kier molecular flexibility index (Phi) is 4.90. The molecule has 1 saturated carbocycles. The molecule has 2 atom stereocenters. The molecule has 1 aliphatic carbocycles. The van der Waals surface area contributed by atoms with Gasteiger partial charge in [-0.2, -0.15) is 0 Å². The van der Waals surface area contributed by atoms with E-state index in [2.05, 4.69) is 24.2 Å². The lowest BCUT2D eigenvalue weighted by atomic mass is 9.98. The molecule has 2 rings (SSSR count). The molecule has 0 spiro atoms. The summed E-state index contributed by atoms with van der Waals surface area (Å²) in [6.45, 7) is 10.2.